The van der Waals surface area contributed by atoms with Gasteiger partial charge in [-0.15, -0.1) is 0 Å². The van der Waals surface area contributed by atoms with Gasteiger partial charge in [0.25, 0.3) is 21.1 Å². The van der Waals surface area contributed by atoms with Gasteiger partial charge in [-0.1, -0.05) is 24.3 Å². The number of nitrogens with two attached hydrogens (primary N) is 1. The van der Waals surface area contributed by atoms with E-state index in [-0.39, 0.29) is 11.1 Å². The highest BCUT2D eigenvalue weighted by molar-refractivity contribution is 7.91. The van der Waals surface area contributed by atoms with E-state index in [2.05, 4.69) is 9.50 Å². The molecule has 210 valence electrons. The molecule has 0 spiro atoms. The molecule has 4 rings (SSSR count). The Balaban J connectivity index is 1.94. The number of carboxylic acids is 1. The molecule has 0 aromatic heterocycles. The molecule has 0 fully saturated rings. The maximum atomic E-state index is 13.5. The summed E-state index contributed by atoms with van der Waals surface area (Å²) >= 11 is 0. The highest BCUT2D eigenvalue weighted by Crippen LogP contribution is 2.40. The molecule has 5 N–H and O–H groups in total. The molecule has 0 radical (unpaired) electrons. The summed E-state index contributed by atoms with van der Waals surface area (Å²) in [5, 5.41) is 12.2. The fraction of sp³-hybridized carbons (Fsp3) is 0.0870. The predicted octanol–water partition coefficient (Wildman–Crippen LogP) is 1.05. The largest absolute Gasteiger partial charge is 0.478 e. The van der Waals surface area contributed by atoms with Crippen LogP contribution in [-0.2, 0) is 35.1 Å². The van der Waals surface area contributed by atoms with Crippen LogP contribution in [0.4, 0.5) is 17.1 Å². The van der Waals surface area contributed by atoms with Crippen molar-refractivity contribution in [1.82, 2.24) is 0 Å². The number of aromatic carboxylic acids is 1. The summed E-state index contributed by atoms with van der Waals surface area (Å²) in [6, 6.07) is 9.00. The van der Waals surface area contributed by atoms with Gasteiger partial charge in [0, 0.05) is 11.1 Å². The number of rotatable bonds is 9. The second kappa shape index (κ2) is 10.4. The first-order valence-corrected chi connectivity index (χ1v) is 15.1. The molecule has 17 heteroatoms. The van der Waals surface area contributed by atoms with Crippen LogP contribution >= 0.6 is 0 Å². The summed E-state index contributed by atoms with van der Waals surface area (Å²) in [5.74, 6) is -3.98. The van der Waals surface area contributed by atoms with Crippen LogP contribution in [0.3, 0.4) is 0 Å². The number of nitrogen functional groups attached to an aromatic ring is 1. The zero-order chi connectivity index (χ0) is 29.6. The van der Waals surface area contributed by atoms with E-state index in [1.807, 2.05) is 0 Å². The summed E-state index contributed by atoms with van der Waals surface area (Å²) in [4.78, 5) is 37.2. The van der Waals surface area contributed by atoms with Crippen LogP contribution in [0.2, 0.25) is 0 Å². The molecule has 0 aliphatic heterocycles. The number of hydrogen-bond acceptors (Lipinski definition) is 12. The molecule has 1 aliphatic carbocycles. The molecule has 3 aromatic carbocycles. The Morgan fingerprint density at radius 1 is 0.925 bits per heavy atom. The number of ketones is 2. The predicted molar refractivity (Wildman–Crippen MR) is 139 cm³/mol. The summed E-state index contributed by atoms with van der Waals surface area (Å²) in [5.41, 5.74) is 2.61. The van der Waals surface area contributed by atoms with Crippen molar-refractivity contribution in [2.45, 2.75) is 9.79 Å². The molecule has 14 nitrogen and oxygen atoms in total. The third-order valence-electron chi connectivity index (χ3n) is 5.88. The number of benzene rings is 3. The minimum absolute atomic E-state index is 0.0615. The summed E-state index contributed by atoms with van der Waals surface area (Å²) in [6.45, 7) is -0.719. The van der Waals surface area contributed by atoms with E-state index in [1.165, 1.54) is 24.3 Å². The van der Waals surface area contributed by atoms with E-state index >= 15 is 0 Å². The molecule has 0 heterocycles. The zero-order valence-corrected chi connectivity index (χ0v) is 22.4. The fourth-order valence-corrected chi connectivity index (χ4v) is 6.22. The Labute approximate surface area is 228 Å². The molecule has 0 atom stereocenters. The van der Waals surface area contributed by atoms with Crippen LogP contribution < -0.4 is 11.1 Å². The van der Waals surface area contributed by atoms with Gasteiger partial charge in [-0.05, 0) is 24.3 Å². The number of carboxylic acid groups (broad SMARTS) is 1. The van der Waals surface area contributed by atoms with E-state index in [1.54, 1.807) is 0 Å². The monoisotopic (exact) mass is 610 g/mol. The van der Waals surface area contributed by atoms with Crippen molar-refractivity contribution in [1.29, 1.82) is 0 Å². The van der Waals surface area contributed by atoms with Gasteiger partial charge in [0.2, 0.25) is 0 Å². The number of sulfone groups is 1. The lowest BCUT2D eigenvalue weighted by molar-refractivity contribution is 0.0697. The number of fused-ring (bicyclic) bond motifs is 2. The number of thiol groups is 1. The highest BCUT2D eigenvalue weighted by Gasteiger charge is 2.36. The molecule has 3 aromatic rings. The topological polar surface area (TPSA) is 241 Å². The lowest BCUT2D eigenvalue weighted by Gasteiger charge is -2.24. The lowest BCUT2D eigenvalue weighted by atomic mass is 9.82. The van der Waals surface area contributed by atoms with Gasteiger partial charge in [0.15, 0.2) is 21.4 Å². The van der Waals surface area contributed by atoms with Crippen molar-refractivity contribution in [3.63, 3.8) is 0 Å². The lowest BCUT2D eigenvalue weighted by Crippen LogP contribution is -2.25. The van der Waals surface area contributed by atoms with Crippen molar-refractivity contribution < 1.29 is 53.5 Å². The molecule has 0 unspecified atom stereocenters. The Morgan fingerprint density at radius 3 is 2.08 bits per heavy atom. The van der Waals surface area contributed by atoms with Crippen molar-refractivity contribution in [2.75, 3.05) is 23.4 Å². The Bertz CT molecular complexity index is 1910. The number of anilines is 3. The van der Waals surface area contributed by atoms with Gasteiger partial charge in [0.1, 0.15) is 4.90 Å². The van der Waals surface area contributed by atoms with Crippen LogP contribution in [0.15, 0.2) is 58.3 Å². The number of carbonyl (C=O) groups excluding carboxylic acids is 2. The van der Waals surface area contributed by atoms with E-state index in [0.29, 0.717) is 6.07 Å². The average Bonchev–Trinajstić information content (AvgIpc) is 2.86. The summed E-state index contributed by atoms with van der Waals surface area (Å²) in [7, 11) is -12.6. The minimum atomic E-state index is -5.08. The molecule has 0 saturated carbocycles. The second-order valence-electron chi connectivity index (χ2n) is 8.28. The van der Waals surface area contributed by atoms with Crippen molar-refractivity contribution >= 4 is 65.5 Å². The quantitative estimate of drug-likeness (QED) is 0.101. The first-order chi connectivity index (χ1) is 18.6. The van der Waals surface area contributed by atoms with Gasteiger partial charge in [-0.2, -0.15) is 8.42 Å². The van der Waals surface area contributed by atoms with Crippen LogP contribution in [0, 0.1) is 0 Å². The van der Waals surface area contributed by atoms with E-state index < -0.39 is 104 Å². The molecule has 0 bridgehead atoms. The Kier molecular flexibility index (Phi) is 7.52. The molecule has 1 aliphatic rings. The van der Waals surface area contributed by atoms with Gasteiger partial charge in [-0.25, -0.2) is 21.6 Å². The van der Waals surface area contributed by atoms with Gasteiger partial charge in [0.05, 0.1) is 51.0 Å². The Hall–Kier alpha value is -4.16. The highest BCUT2D eigenvalue weighted by atomic mass is 32.2. The van der Waals surface area contributed by atoms with E-state index in [9.17, 15) is 49.3 Å². The second-order valence-corrected chi connectivity index (χ2v) is 12.5. The molecule has 40 heavy (non-hydrogen) atoms. The SMILES string of the molecule is Nc1c(S(=O)(=O)O)cc(Nc2cc(S(=O)(=O)CCO[SH](=O)=O)ccc2C(=O)O)c2c1C(=O)c1ccccc1C2=O. The van der Waals surface area contributed by atoms with E-state index in [4.69, 9.17) is 5.73 Å². The van der Waals surface area contributed by atoms with Crippen LogP contribution in [-0.4, -0.2) is 64.8 Å². The molecular weight excluding hydrogens is 592 g/mol. The van der Waals surface area contributed by atoms with Gasteiger partial charge < -0.3 is 16.2 Å². The van der Waals surface area contributed by atoms with Crippen LogP contribution in [0.5, 0.6) is 0 Å². The first-order valence-electron chi connectivity index (χ1n) is 10.9. The van der Waals surface area contributed by atoms with E-state index in [0.717, 1.165) is 18.2 Å². The minimum Gasteiger partial charge on any atom is -0.478 e. The van der Waals surface area contributed by atoms with Crippen LogP contribution in [0.25, 0.3) is 0 Å². The fourth-order valence-electron chi connectivity index (χ4n) is 4.10. The summed E-state index contributed by atoms with van der Waals surface area (Å²) < 4.78 is 84.9. The zero-order valence-electron chi connectivity index (χ0n) is 19.9. The molecular formula is C23H18N2O12S3. The molecule has 0 amide bonds. The van der Waals surface area contributed by atoms with Crippen molar-refractivity contribution in [3.8, 4) is 0 Å². The maximum absolute atomic E-state index is 13.5. The third-order valence-corrected chi connectivity index (χ3v) is 8.84. The normalized spacial score (nSPS) is 13.2. The average molecular weight is 611 g/mol. The Morgan fingerprint density at radius 2 is 1.52 bits per heavy atom. The van der Waals surface area contributed by atoms with Crippen LogP contribution in [0.1, 0.15) is 42.2 Å². The molecule has 0 saturated heterocycles. The first kappa shape index (κ1) is 28.8. The number of hydrogen-bond donors (Lipinski definition) is 5. The van der Waals surface area contributed by atoms with Crippen molar-refractivity contribution in [3.05, 3.63) is 76.3 Å². The standard InChI is InChI=1S/C23H18N2O12S3/c24-20-17(40(34,35)36)10-16(18-19(20)22(27)13-4-2-1-3-12(13)21(18)26)25-15-9-11(5-6-14(15)23(28)29)39(32,33)8-7-37-38(30)31/h1-6,9-10,25,38H,7-8,24H2,(H,28,29)(H,34,35,36). The number of carbonyl (C=O) groups is 3. The maximum Gasteiger partial charge on any atom is 0.337 e. The number of nitrogens with one attached hydrogen (secondary N) is 1. The summed E-state index contributed by atoms with van der Waals surface area (Å²) in [6.07, 6.45) is 0. The third kappa shape index (κ3) is 5.32. The van der Waals surface area contributed by atoms with Gasteiger partial charge >= 0.3 is 5.97 Å². The smallest absolute Gasteiger partial charge is 0.337 e. The van der Waals surface area contributed by atoms with Crippen molar-refractivity contribution in [2.24, 2.45) is 0 Å². The van der Waals surface area contributed by atoms with Gasteiger partial charge in [-0.3, -0.25) is 18.3 Å².